The van der Waals surface area contributed by atoms with E-state index >= 15 is 0 Å². The van der Waals surface area contributed by atoms with E-state index in [4.69, 9.17) is 4.74 Å². The van der Waals surface area contributed by atoms with Crippen LogP contribution in [-0.2, 0) is 6.42 Å². The summed E-state index contributed by atoms with van der Waals surface area (Å²) in [5.74, 6) is 1.53. The number of hydrogen-bond acceptors (Lipinski definition) is 4. The third-order valence-electron chi connectivity index (χ3n) is 4.67. The Labute approximate surface area is 148 Å². The molecule has 1 saturated heterocycles. The van der Waals surface area contributed by atoms with Gasteiger partial charge in [0.1, 0.15) is 5.75 Å². The van der Waals surface area contributed by atoms with Crippen LogP contribution >= 0.6 is 0 Å². The van der Waals surface area contributed by atoms with Gasteiger partial charge in [-0.3, -0.25) is 0 Å². The standard InChI is InChI=1S/C20H35N3O/c1-18(16-21(2)3)17-24-20-9-7-19(8-10-20)6-5-11-23-14-12-22(4)13-15-23/h7-10,18H,5-6,11-17H2,1-4H3. The van der Waals surface area contributed by atoms with Crippen LogP contribution in [-0.4, -0.2) is 81.7 Å². The molecule has 24 heavy (non-hydrogen) atoms. The topological polar surface area (TPSA) is 19.0 Å². The molecule has 1 heterocycles. The minimum atomic E-state index is 0.545. The monoisotopic (exact) mass is 333 g/mol. The normalized spacial score (nSPS) is 18.0. The molecular formula is C20H35N3O. The molecule has 0 bridgehead atoms. The first-order valence-corrected chi connectivity index (χ1v) is 9.30. The molecule has 1 aliphatic heterocycles. The SMILES string of the molecule is CC(COc1ccc(CCCN2CCN(C)CC2)cc1)CN(C)C. The molecule has 0 amide bonds. The number of benzene rings is 1. The van der Waals surface area contributed by atoms with Gasteiger partial charge in [0, 0.05) is 38.6 Å². The Morgan fingerprint density at radius 1 is 1.08 bits per heavy atom. The van der Waals surface area contributed by atoms with Gasteiger partial charge in [-0.25, -0.2) is 0 Å². The summed E-state index contributed by atoms with van der Waals surface area (Å²) < 4.78 is 5.89. The van der Waals surface area contributed by atoms with Gasteiger partial charge in [-0.2, -0.15) is 0 Å². The summed E-state index contributed by atoms with van der Waals surface area (Å²) in [6, 6.07) is 8.67. The fourth-order valence-electron chi connectivity index (χ4n) is 3.25. The second-order valence-corrected chi connectivity index (χ2v) is 7.57. The molecular weight excluding hydrogens is 298 g/mol. The predicted octanol–water partition coefficient (Wildman–Crippen LogP) is 2.44. The van der Waals surface area contributed by atoms with Crippen molar-refractivity contribution in [3.8, 4) is 5.75 Å². The highest BCUT2D eigenvalue weighted by atomic mass is 16.5. The zero-order chi connectivity index (χ0) is 17.4. The highest BCUT2D eigenvalue weighted by Gasteiger charge is 2.12. The largest absolute Gasteiger partial charge is 0.493 e. The molecule has 0 N–H and O–H groups in total. The lowest BCUT2D eigenvalue weighted by atomic mass is 10.1. The number of nitrogens with zero attached hydrogens (tertiary/aromatic N) is 3. The number of ether oxygens (including phenoxy) is 1. The van der Waals surface area contributed by atoms with Crippen molar-refractivity contribution in [2.45, 2.75) is 19.8 Å². The Morgan fingerprint density at radius 2 is 1.75 bits per heavy atom. The van der Waals surface area contributed by atoms with Crippen LogP contribution in [0.2, 0.25) is 0 Å². The first-order valence-electron chi connectivity index (χ1n) is 9.30. The summed E-state index contributed by atoms with van der Waals surface area (Å²) in [7, 11) is 6.42. The van der Waals surface area contributed by atoms with Gasteiger partial charge >= 0.3 is 0 Å². The van der Waals surface area contributed by atoms with Crippen molar-refractivity contribution in [3.05, 3.63) is 29.8 Å². The maximum atomic E-state index is 5.89. The molecule has 1 atom stereocenters. The molecule has 1 aliphatic rings. The number of hydrogen-bond donors (Lipinski definition) is 0. The van der Waals surface area contributed by atoms with Gasteiger partial charge in [0.25, 0.3) is 0 Å². The van der Waals surface area contributed by atoms with Crippen molar-refractivity contribution in [2.75, 3.05) is 67.0 Å². The van der Waals surface area contributed by atoms with Crippen molar-refractivity contribution in [2.24, 2.45) is 5.92 Å². The lowest BCUT2D eigenvalue weighted by Crippen LogP contribution is -2.44. The minimum Gasteiger partial charge on any atom is -0.493 e. The quantitative estimate of drug-likeness (QED) is 0.691. The Balaban J connectivity index is 1.64. The van der Waals surface area contributed by atoms with Gasteiger partial charge in [-0.1, -0.05) is 19.1 Å². The van der Waals surface area contributed by atoms with Crippen LogP contribution in [0.15, 0.2) is 24.3 Å². The first kappa shape index (κ1) is 19.2. The molecule has 1 fully saturated rings. The van der Waals surface area contributed by atoms with E-state index in [2.05, 4.69) is 67.0 Å². The van der Waals surface area contributed by atoms with E-state index in [9.17, 15) is 0 Å². The first-order chi connectivity index (χ1) is 11.5. The Bertz CT molecular complexity index is 452. The van der Waals surface area contributed by atoms with Crippen LogP contribution in [0.4, 0.5) is 0 Å². The molecule has 0 radical (unpaired) electrons. The van der Waals surface area contributed by atoms with Crippen LogP contribution in [0.1, 0.15) is 18.9 Å². The van der Waals surface area contributed by atoms with E-state index < -0.39 is 0 Å². The van der Waals surface area contributed by atoms with Gasteiger partial charge in [0.15, 0.2) is 0 Å². The summed E-state index contributed by atoms with van der Waals surface area (Å²) in [5, 5.41) is 0. The van der Waals surface area contributed by atoms with E-state index in [1.807, 2.05) is 0 Å². The van der Waals surface area contributed by atoms with Crippen molar-refractivity contribution < 1.29 is 4.74 Å². The molecule has 0 aliphatic carbocycles. The summed E-state index contributed by atoms with van der Waals surface area (Å²) >= 11 is 0. The molecule has 0 spiro atoms. The van der Waals surface area contributed by atoms with Gasteiger partial charge < -0.3 is 19.4 Å². The lowest BCUT2D eigenvalue weighted by Gasteiger charge is -2.32. The van der Waals surface area contributed by atoms with Crippen LogP contribution < -0.4 is 4.74 Å². The zero-order valence-corrected chi connectivity index (χ0v) is 16.0. The second kappa shape index (κ2) is 10.0. The highest BCUT2D eigenvalue weighted by Crippen LogP contribution is 2.15. The average Bonchev–Trinajstić information content (AvgIpc) is 2.55. The Morgan fingerprint density at radius 3 is 2.38 bits per heavy atom. The fraction of sp³-hybridized carbons (Fsp3) is 0.700. The fourth-order valence-corrected chi connectivity index (χ4v) is 3.25. The summed E-state index contributed by atoms with van der Waals surface area (Å²) in [4.78, 5) is 7.20. The van der Waals surface area contributed by atoms with E-state index in [0.29, 0.717) is 5.92 Å². The van der Waals surface area contributed by atoms with E-state index in [-0.39, 0.29) is 0 Å². The third kappa shape index (κ3) is 7.20. The van der Waals surface area contributed by atoms with Crippen molar-refractivity contribution in [1.82, 2.24) is 14.7 Å². The summed E-state index contributed by atoms with van der Waals surface area (Å²) in [6.07, 6.45) is 2.40. The minimum absolute atomic E-state index is 0.545. The van der Waals surface area contributed by atoms with Crippen LogP contribution in [0.3, 0.4) is 0 Å². The van der Waals surface area contributed by atoms with Crippen LogP contribution in [0.25, 0.3) is 0 Å². The Kier molecular flexibility index (Phi) is 8.03. The predicted molar refractivity (Wildman–Crippen MR) is 102 cm³/mol. The van der Waals surface area contributed by atoms with Crippen LogP contribution in [0.5, 0.6) is 5.75 Å². The van der Waals surface area contributed by atoms with Gasteiger partial charge in [-0.15, -0.1) is 0 Å². The van der Waals surface area contributed by atoms with E-state index in [1.54, 1.807) is 0 Å². The average molecular weight is 334 g/mol. The molecule has 4 nitrogen and oxygen atoms in total. The van der Waals surface area contributed by atoms with Crippen molar-refractivity contribution >= 4 is 0 Å². The van der Waals surface area contributed by atoms with E-state index in [0.717, 1.165) is 25.3 Å². The third-order valence-corrected chi connectivity index (χ3v) is 4.67. The molecule has 1 aromatic carbocycles. The van der Waals surface area contributed by atoms with Crippen molar-refractivity contribution in [3.63, 3.8) is 0 Å². The zero-order valence-electron chi connectivity index (χ0n) is 16.0. The smallest absolute Gasteiger partial charge is 0.119 e. The highest BCUT2D eigenvalue weighted by molar-refractivity contribution is 5.27. The second-order valence-electron chi connectivity index (χ2n) is 7.57. The maximum absolute atomic E-state index is 5.89. The molecule has 4 heteroatoms. The van der Waals surface area contributed by atoms with Gasteiger partial charge in [0.2, 0.25) is 0 Å². The summed E-state index contributed by atoms with van der Waals surface area (Å²) in [5.41, 5.74) is 1.41. The van der Waals surface area contributed by atoms with Crippen molar-refractivity contribution in [1.29, 1.82) is 0 Å². The number of aryl methyl sites for hydroxylation is 1. The number of likely N-dealkylation sites (N-methyl/N-ethyl adjacent to an activating group) is 1. The van der Waals surface area contributed by atoms with Gasteiger partial charge in [0.05, 0.1) is 6.61 Å². The molecule has 2 rings (SSSR count). The lowest BCUT2D eigenvalue weighted by molar-refractivity contribution is 0.153. The molecule has 0 aromatic heterocycles. The Hall–Kier alpha value is -1.10. The molecule has 1 unspecified atom stereocenters. The summed E-state index contributed by atoms with van der Waals surface area (Å²) in [6.45, 7) is 10.1. The maximum Gasteiger partial charge on any atom is 0.119 e. The molecule has 1 aromatic rings. The molecule has 136 valence electrons. The number of rotatable bonds is 9. The molecule has 0 saturated carbocycles. The van der Waals surface area contributed by atoms with Gasteiger partial charge in [-0.05, 0) is 58.2 Å². The number of piperazine rings is 1. The van der Waals surface area contributed by atoms with Crippen LogP contribution in [0, 0.1) is 5.92 Å². The van der Waals surface area contributed by atoms with E-state index in [1.165, 1.54) is 44.7 Å².